The Morgan fingerprint density at radius 3 is 2.45 bits per heavy atom. The van der Waals surface area contributed by atoms with Gasteiger partial charge in [-0.25, -0.2) is 4.98 Å². The van der Waals surface area contributed by atoms with Crippen LogP contribution in [0.5, 0.6) is 0 Å². The average molecular weight is 197 g/mol. The van der Waals surface area contributed by atoms with Gasteiger partial charge in [0.2, 0.25) is 0 Å². The summed E-state index contributed by atoms with van der Waals surface area (Å²) >= 11 is 0. The van der Waals surface area contributed by atoms with Crippen LogP contribution < -0.4 is 0 Å². The Bertz CT molecular complexity index is 161. The highest BCUT2D eigenvalue weighted by atomic mass is 35.5. The number of halogens is 2. The fraction of sp³-hybridized carbons (Fsp3) is 0.571. The summed E-state index contributed by atoms with van der Waals surface area (Å²) in [7, 11) is 0. The maximum absolute atomic E-state index is 4.10. The second kappa shape index (κ2) is 6.50. The van der Waals surface area contributed by atoms with Crippen LogP contribution >= 0.6 is 24.8 Å². The number of imidazole rings is 1. The topological polar surface area (TPSA) is 28.7 Å². The summed E-state index contributed by atoms with van der Waals surface area (Å²) in [5.41, 5.74) is 0. The lowest BCUT2D eigenvalue weighted by Gasteiger charge is -1.98. The van der Waals surface area contributed by atoms with Crippen molar-refractivity contribution in [3.63, 3.8) is 0 Å². The van der Waals surface area contributed by atoms with Crippen molar-refractivity contribution in [1.82, 2.24) is 9.97 Å². The van der Waals surface area contributed by atoms with Gasteiger partial charge in [-0.3, -0.25) is 0 Å². The van der Waals surface area contributed by atoms with Gasteiger partial charge in [0, 0.05) is 18.8 Å². The van der Waals surface area contributed by atoms with Crippen LogP contribution in [-0.2, 0) is 6.42 Å². The first-order valence-electron chi connectivity index (χ1n) is 3.27. The highest BCUT2D eigenvalue weighted by molar-refractivity contribution is 5.85. The highest BCUT2D eigenvalue weighted by Crippen LogP contribution is 2.00. The minimum absolute atomic E-state index is 0. The van der Waals surface area contributed by atoms with Crippen LogP contribution in [0.4, 0.5) is 0 Å². The summed E-state index contributed by atoms with van der Waals surface area (Å²) in [5.74, 6) is 1.78. The molecule has 0 radical (unpaired) electrons. The molecule has 0 unspecified atom stereocenters. The molecular formula is C7H14Cl2N2. The van der Waals surface area contributed by atoms with E-state index in [2.05, 4.69) is 23.8 Å². The van der Waals surface area contributed by atoms with E-state index in [1.165, 1.54) is 0 Å². The van der Waals surface area contributed by atoms with Gasteiger partial charge in [0.15, 0.2) is 0 Å². The maximum atomic E-state index is 4.10. The molecule has 0 bridgehead atoms. The van der Waals surface area contributed by atoms with E-state index >= 15 is 0 Å². The van der Waals surface area contributed by atoms with Crippen molar-refractivity contribution in [3.05, 3.63) is 18.2 Å². The summed E-state index contributed by atoms with van der Waals surface area (Å²) in [5, 5.41) is 0. The molecule has 0 saturated heterocycles. The molecule has 0 amide bonds. The van der Waals surface area contributed by atoms with E-state index in [1.54, 1.807) is 6.20 Å². The first-order valence-corrected chi connectivity index (χ1v) is 3.27. The van der Waals surface area contributed by atoms with Crippen molar-refractivity contribution < 1.29 is 0 Å². The molecule has 0 aromatic carbocycles. The summed E-state index contributed by atoms with van der Waals surface area (Å²) < 4.78 is 0. The third-order valence-electron chi connectivity index (χ3n) is 1.16. The maximum Gasteiger partial charge on any atom is 0.106 e. The van der Waals surface area contributed by atoms with Crippen molar-refractivity contribution in [2.45, 2.75) is 20.3 Å². The number of nitrogens with zero attached hydrogens (tertiary/aromatic N) is 1. The SMILES string of the molecule is CC(C)Cc1ncc[nH]1.Cl.Cl. The normalized spacial score (nSPS) is 8.64. The lowest BCUT2D eigenvalue weighted by molar-refractivity contribution is 0.626. The van der Waals surface area contributed by atoms with Gasteiger partial charge >= 0.3 is 0 Å². The van der Waals surface area contributed by atoms with Gasteiger partial charge in [0.25, 0.3) is 0 Å². The first kappa shape index (κ1) is 13.4. The number of hydrogen-bond acceptors (Lipinski definition) is 1. The van der Waals surface area contributed by atoms with Gasteiger partial charge in [-0.2, -0.15) is 0 Å². The molecule has 1 N–H and O–H groups in total. The zero-order chi connectivity index (χ0) is 6.69. The van der Waals surface area contributed by atoms with E-state index in [4.69, 9.17) is 0 Å². The number of hydrogen-bond donors (Lipinski definition) is 1. The third-order valence-corrected chi connectivity index (χ3v) is 1.16. The predicted molar refractivity (Wildman–Crippen MR) is 51.6 cm³/mol. The fourth-order valence-corrected chi connectivity index (χ4v) is 0.796. The average Bonchev–Trinajstić information content (AvgIpc) is 2.15. The summed E-state index contributed by atoms with van der Waals surface area (Å²) in [6.07, 6.45) is 4.70. The van der Waals surface area contributed by atoms with E-state index in [0.29, 0.717) is 5.92 Å². The molecule has 0 saturated carbocycles. The Morgan fingerprint density at radius 2 is 2.09 bits per heavy atom. The lowest BCUT2D eigenvalue weighted by Crippen LogP contribution is -1.95. The molecule has 11 heavy (non-hydrogen) atoms. The molecule has 0 fully saturated rings. The van der Waals surface area contributed by atoms with Crippen molar-refractivity contribution in [2.24, 2.45) is 5.92 Å². The minimum Gasteiger partial charge on any atom is -0.349 e. The third kappa shape index (κ3) is 5.10. The van der Waals surface area contributed by atoms with Gasteiger partial charge < -0.3 is 4.98 Å². The number of H-pyrrole nitrogens is 1. The van der Waals surface area contributed by atoms with Crippen LogP contribution in [0.3, 0.4) is 0 Å². The molecule has 1 aromatic rings. The fourth-order valence-electron chi connectivity index (χ4n) is 0.796. The van der Waals surface area contributed by atoms with Crippen molar-refractivity contribution in [3.8, 4) is 0 Å². The van der Waals surface area contributed by atoms with Gasteiger partial charge in [0.05, 0.1) is 0 Å². The Kier molecular flexibility index (Phi) is 7.91. The van der Waals surface area contributed by atoms with Gasteiger partial charge in [-0.15, -0.1) is 24.8 Å². The van der Waals surface area contributed by atoms with Crippen LogP contribution in [0.1, 0.15) is 19.7 Å². The lowest BCUT2D eigenvalue weighted by atomic mass is 10.1. The van der Waals surface area contributed by atoms with Gasteiger partial charge in [-0.05, 0) is 5.92 Å². The molecule has 1 rings (SSSR count). The van der Waals surface area contributed by atoms with Crippen LogP contribution in [0.2, 0.25) is 0 Å². The quantitative estimate of drug-likeness (QED) is 0.774. The van der Waals surface area contributed by atoms with E-state index in [0.717, 1.165) is 12.2 Å². The van der Waals surface area contributed by atoms with Crippen molar-refractivity contribution in [2.75, 3.05) is 0 Å². The molecular weight excluding hydrogens is 183 g/mol. The molecule has 0 aliphatic heterocycles. The second-order valence-electron chi connectivity index (χ2n) is 2.63. The highest BCUT2D eigenvalue weighted by Gasteiger charge is 1.96. The molecule has 0 aliphatic carbocycles. The number of aromatic nitrogens is 2. The van der Waals surface area contributed by atoms with E-state index < -0.39 is 0 Å². The van der Waals surface area contributed by atoms with E-state index in [9.17, 15) is 0 Å². The minimum atomic E-state index is 0. The number of nitrogens with one attached hydrogen (secondary N) is 1. The zero-order valence-corrected chi connectivity index (χ0v) is 8.34. The molecule has 0 spiro atoms. The summed E-state index contributed by atoms with van der Waals surface area (Å²) in [6, 6.07) is 0. The van der Waals surface area contributed by atoms with Crippen molar-refractivity contribution in [1.29, 1.82) is 0 Å². The molecule has 1 heterocycles. The van der Waals surface area contributed by atoms with Crippen LogP contribution in [0.25, 0.3) is 0 Å². The Balaban J connectivity index is 0. The molecule has 66 valence electrons. The van der Waals surface area contributed by atoms with Crippen LogP contribution in [-0.4, -0.2) is 9.97 Å². The first-order chi connectivity index (χ1) is 4.29. The Labute approximate surface area is 79.6 Å². The van der Waals surface area contributed by atoms with E-state index in [-0.39, 0.29) is 24.8 Å². The summed E-state index contributed by atoms with van der Waals surface area (Å²) in [4.78, 5) is 7.16. The predicted octanol–water partition coefficient (Wildman–Crippen LogP) is 2.45. The number of rotatable bonds is 2. The van der Waals surface area contributed by atoms with Crippen LogP contribution in [0.15, 0.2) is 12.4 Å². The van der Waals surface area contributed by atoms with Crippen LogP contribution in [0, 0.1) is 5.92 Å². The molecule has 1 aromatic heterocycles. The smallest absolute Gasteiger partial charge is 0.106 e. The molecule has 0 atom stereocenters. The second-order valence-corrected chi connectivity index (χ2v) is 2.63. The molecule has 2 nitrogen and oxygen atoms in total. The standard InChI is InChI=1S/C7H12N2.2ClH/c1-6(2)5-7-8-3-4-9-7;;/h3-4,6H,5H2,1-2H3,(H,8,9);2*1H. The zero-order valence-electron chi connectivity index (χ0n) is 6.70. The molecule has 0 aliphatic rings. The Hall–Kier alpha value is -0.210. The number of aromatic amines is 1. The largest absolute Gasteiger partial charge is 0.349 e. The monoisotopic (exact) mass is 196 g/mol. The molecule has 4 heteroatoms. The Morgan fingerprint density at radius 1 is 1.45 bits per heavy atom. The van der Waals surface area contributed by atoms with Crippen molar-refractivity contribution >= 4 is 24.8 Å². The van der Waals surface area contributed by atoms with E-state index in [1.807, 2.05) is 6.20 Å². The van der Waals surface area contributed by atoms with Gasteiger partial charge in [0.1, 0.15) is 5.82 Å². The van der Waals surface area contributed by atoms with Gasteiger partial charge in [-0.1, -0.05) is 13.8 Å². The summed E-state index contributed by atoms with van der Waals surface area (Å²) in [6.45, 7) is 4.37.